The molecule has 1 aliphatic rings. The van der Waals surface area contributed by atoms with E-state index in [1.807, 2.05) is 6.07 Å². The Morgan fingerprint density at radius 3 is 2.95 bits per heavy atom. The first kappa shape index (κ1) is 15.5. The molecule has 0 bridgehead atoms. The molecule has 0 radical (unpaired) electrons. The molecule has 1 aromatic carbocycles. The van der Waals surface area contributed by atoms with Crippen molar-refractivity contribution in [1.29, 1.82) is 0 Å². The zero-order valence-electron chi connectivity index (χ0n) is 11.9. The van der Waals surface area contributed by atoms with Crippen LogP contribution < -0.4 is 5.73 Å². The minimum atomic E-state index is -0.162. The first-order valence-corrected chi connectivity index (χ1v) is 8.18. The molecule has 1 atom stereocenters. The Balaban J connectivity index is 1.74. The number of rotatable bonds is 6. The second-order valence-corrected chi connectivity index (χ2v) is 6.53. The van der Waals surface area contributed by atoms with Gasteiger partial charge in [0.05, 0.1) is 0 Å². The molecule has 1 saturated heterocycles. The van der Waals surface area contributed by atoms with E-state index in [0.717, 1.165) is 38.9 Å². The van der Waals surface area contributed by atoms with Crippen LogP contribution in [0.15, 0.2) is 28.7 Å². The molecule has 0 saturated carbocycles. The summed E-state index contributed by atoms with van der Waals surface area (Å²) in [6.07, 6.45) is 5.13. The molecule has 1 fully saturated rings. The van der Waals surface area contributed by atoms with E-state index in [1.54, 1.807) is 0 Å². The Hall–Kier alpha value is -0.870. The van der Waals surface area contributed by atoms with Gasteiger partial charge in [-0.15, -0.1) is 0 Å². The molecule has 1 aliphatic heterocycles. The van der Waals surface area contributed by atoms with Crippen molar-refractivity contribution in [3.8, 4) is 0 Å². The maximum atomic E-state index is 11.0. The topological polar surface area (TPSA) is 46.3 Å². The van der Waals surface area contributed by atoms with E-state index in [2.05, 4.69) is 39.0 Å². The quantitative estimate of drug-likeness (QED) is 0.866. The van der Waals surface area contributed by atoms with Crippen LogP contribution in [0.4, 0.5) is 0 Å². The van der Waals surface area contributed by atoms with Crippen molar-refractivity contribution in [3.05, 3.63) is 34.3 Å². The average Bonchev–Trinajstić information content (AvgIpc) is 2.41. The molecule has 1 unspecified atom stereocenters. The summed E-state index contributed by atoms with van der Waals surface area (Å²) in [6, 6.07) is 8.41. The molecule has 3 nitrogen and oxygen atoms in total. The van der Waals surface area contributed by atoms with Crippen LogP contribution in [-0.4, -0.2) is 30.4 Å². The molecule has 20 heavy (non-hydrogen) atoms. The van der Waals surface area contributed by atoms with Gasteiger partial charge < -0.3 is 10.6 Å². The van der Waals surface area contributed by atoms with Gasteiger partial charge in [-0.25, -0.2) is 0 Å². The van der Waals surface area contributed by atoms with Crippen molar-refractivity contribution in [1.82, 2.24) is 4.90 Å². The molecule has 0 aliphatic carbocycles. The van der Waals surface area contributed by atoms with Crippen molar-refractivity contribution in [3.63, 3.8) is 0 Å². The zero-order chi connectivity index (χ0) is 14.4. The maximum absolute atomic E-state index is 11.0. The fourth-order valence-electron chi connectivity index (χ4n) is 3.00. The molecule has 0 aromatic heterocycles. The summed E-state index contributed by atoms with van der Waals surface area (Å²) in [5, 5.41) is 0. The Morgan fingerprint density at radius 2 is 2.20 bits per heavy atom. The minimum Gasteiger partial charge on any atom is -0.370 e. The number of primary amides is 1. The Morgan fingerprint density at radius 1 is 1.40 bits per heavy atom. The number of nitrogens with zero attached hydrogens (tertiary/aromatic N) is 1. The summed E-state index contributed by atoms with van der Waals surface area (Å²) in [5.74, 6) is 0.301. The van der Waals surface area contributed by atoms with Gasteiger partial charge in [-0.05, 0) is 56.3 Å². The van der Waals surface area contributed by atoms with Crippen molar-refractivity contribution < 1.29 is 4.79 Å². The van der Waals surface area contributed by atoms with E-state index in [1.165, 1.54) is 16.5 Å². The number of piperidine rings is 1. The summed E-state index contributed by atoms with van der Waals surface area (Å²) in [5.41, 5.74) is 6.67. The summed E-state index contributed by atoms with van der Waals surface area (Å²) >= 11 is 3.59. The largest absolute Gasteiger partial charge is 0.370 e. The first-order chi connectivity index (χ1) is 9.65. The maximum Gasteiger partial charge on any atom is 0.217 e. The van der Waals surface area contributed by atoms with Crippen LogP contribution in [0.5, 0.6) is 0 Å². The summed E-state index contributed by atoms with van der Waals surface area (Å²) in [6.45, 7) is 3.29. The van der Waals surface area contributed by atoms with Gasteiger partial charge in [-0.3, -0.25) is 4.79 Å². The van der Waals surface area contributed by atoms with Crippen molar-refractivity contribution in [2.75, 3.05) is 19.6 Å². The SMILES string of the molecule is NC(=O)CC1CCCN(CCCc2ccccc2Br)C1. The highest BCUT2D eigenvalue weighted by atomic mass is 79.9. The van der Waals surface area contributed by atoms with E-state index >= 15 is 0 Å². The molecule has 1 aromatic rings. The second-order valence-electron chi connectivity index (χ2n) is 5.67. The lowest BCUT2D eigenvalue weighted by Crippen LogP contribution is -2.37. The third kappa shape index (κ3) is 4.91. The molecule has 1 amide bonds. The van der Waals surface area contributed by atoms with Crippen LogP contribution in [0, 0.1) is 5.92 Å². The van der Waals surface area contributed by atoms with E-state index in [9.17, 15) is 4.79 Å². The van der Waals surface area contributed by atoms with Gasteiger partial charge in [0, 0.05) is 17.4 Å². The number of aryl methyl sites for hydroxylation is 1. The second kappa shape index (κ2) is 7.79. The van der Waals surface area contributed by atoms with Gasteiger partial charge in [-0.1, -0.05) is 34.1 Å². The molecule has 4 heteroatoms. The van der Waals surface area contributed by atoms with Gasteiger partial charge in [-0.2, -0.15) is 0 Å². The third-order valence-electron chi connectivity index (χ3n) is 3.97. The lowest BCUT2D eigenvalue weighted by Gasteiger charge is -2.32. The zero-order valence-corrected chi connectivity index (χ0v) is 13.4. The van der Waals surface area contributed by atoms with Crippen molar-refractivity contribution in [2.45, 2.75) is 32.1 Å². The number of nitrogens with two attached hydrogens (primary N) is 1. The Bertz CT molecular complexity index is 450. The molecular weight excluding hydrogens is 316 g/mol. The first-order valence-electron chi connectivity index (χ1n) is 7.39. The van der Waals surface area contributed by atoms with Gasteiger partial charge >= 0.3 is 0 Å². The fraction of sp³-hybridized carbons (Fsp3) is 0.562. The molecule has 2 rings (SSSR count). The van der Waals surface area contributed by atoms with E-state index in [-0.39, 0.29) is 5.91 Å². The predicted octanol–water partition coefficient (Wildman–Crippen LogP) is 2.97. The van der Waals surface area contributed by atoms with Gasteiger partial charge in [0.25, 0.3) is 0 Å². The van der Waals surface area contributed by atoms with Crippen molar-refractivity contribution >= 4 is 21.8 Å². The lowest BCUT2D eigenvalue weighted by molar-refractivity contribution is -0.119. The number of carbonyl (C=O) groups is 1. The molecular formula is C16H23BrN2O. The van der Waals surface area contributed by atoms with E-state index in [0.29, 0.717) is 12.3 Å². The third-order valence-corrected chi connectivity index (χ3v) is 4.74. The minimum absolute atomic E-state index is 0.162. The summed E-state index contributed by atoms with van der Waals surface area (Å²) < 4.78 is 1.20. The van der Waals surface area contributed by atoms with Crippen LogP contribution in [0.2, 0.25) is 0 Å². The molecule has 0 spiro atoms. The normalized spacial score (nSPS) is 19.9. The number of likely N-dealkylation sites (tertiary alicyclic amines) is 1. The van der Waals surface area contributed by atoms with Crippen LogP contribution in [0.3, 0.4) is 0 Å². The monoisotopic (exact) mass is 338 g/mol. The average molecular weight is 339 g/mol. The van der Waals surface area contributed by atoms with Gasteiger partial charge in [0.1, 0.15) is 0 Å². The number of hydrogen-bond acceptors (Lipinski definition) is 2. The fourth-order valence-corrected chi connectivity index (χ4v) is 3.48. The highest BCUT2D eigenvalue weighted by Gasteiger charge is 2.20. The number of amides is 1. The standard InChI is InChI=1S/C16H23BrN2O/c17-15-8-2-1-6-14(15)7-4-10-19-9-3-5-13(12-19)11-16(18)20/h1-2,6,8,13H,3-5,7,9-12H2,(H2,18,20). The summed E-state index contributed by atoms with van der Waals surface area (Å²) in [4.78, 5) is 13.5. The molecule has 2 N–H and O–H groups in total. The highest BCUT2D eigenvalue weighted by Crippen LogP contribution is 2.21. The Kier molecular flexibility index (Phi) is 6.05. The number of halogens is 1. The van der Waals surface area contributed by atoms with Gasteiger partial charge in [0.2, 0.25) is 5.91 Å². The van der Waals surface area contributed by atoms with Gasteiger partial charge in [0.15, 0.2) is 0 Å². The highest BCUT2D eigenvalue weighted by molar-refractivity contribution is 9.10. The van der Waals surface area contributed by atoms with Crippen LogP contribution in [-0.2, 0) is 11.2 Å². The summed E-state index contributed by atoms with van der Waals surface area (Å²) in [7, 11) is 0. The molecule has 110 valence electrons. The van der Waals surface area contributed by atoms with E-state index < -0.39 is 0 Å². The van der Waals surface area contributed by atoms with Crippen LogP contribution >= 0.6 is 15.9 Å². The van der Waals surface area contributed by atoms with Crippen LogP contribution in [0.25, 0.3) is 0 Å². The molecule has 1 heterocycles. The smallest absolute Gasteiger partial charge is 0.217 e. The Labute approximate surface area is 129 Å². The van der Waals surface area contributed by atoms with E-state index in [4.69, 9.17) is 5.73 Å². The van der Waals surface area contributed by atoms with Crippen molar-refractivity contribution in [2.24, 2.45) is 11.7 Å². The number of hydrogen-bond donors (Lipinski definition) is 1. The number of benzene rings is 1. The predicted molar refractivity (Wildman–Crippen MR) is 85.4 cm³/mol. The number of carbonyl (C=O) groups excluding carboxylic acids is 1. The van der Waals surface area contributed by atoms with Crippen LogP contribution in [0.1, 0.15) is 31.2 Å². The lowest BCUT2D eigenvalue weighted by atomic mass is 9.94.